The highest BCUT2D eigenvalue weighted by Gasteiger charge is 2.27. The number of amides is 1. The zero-order chi connectivity index (χ0) is 17.5. The van der Waals surface area contributed by atoms with Crippen LogP contribution in [-0.4, -0.2) is 49.7 Å². The molecule has 0 radical (unpaired) electrons. The van der Waals surface area contributed by atoms with Crippen molar-refractivity contribution < 1.29 is 13.9 Å². The van der Waals surface area contributed by atoms with Gasteiger partial charge >= 0.3 is 0 Å². The van der Waals surface area contributed by atoms with E-state index in [0.717, 1.165) is 39.1 Å². The van der Waals surface area contributed by atoms with Crippen LogP contribution in [0.4, 0.5) is 4.39 Å². The molecule has 0 bridgehead atoms. The number of carbonyl (C=O) groups excluding carboxylic acids is 1. The Morgan fingerprint density at radius 2 is 2.00 bits per heavy atom. The zero-order valence-corrected chi connectivity index (χ0v) is 15.9. The van der Waals surface area contributed by atoms with Crippen LogP contribution in [0.1, 0.15) is 37.0 Å². The Balaban J connectivity index is 2.04. The van der Waals surface area contributed by atoms with Gasteiger partial charge in [0.1, 0.15) is 5.82 Å². The molecule has 24 heavy (non-hydrogen) atoms. The number of nitrogens with one attached hydrogen (secondary N) is 1. The molecule has 0 spiro atoms. The van der Waals surface area contributed by atoms with Crippen LogP contribution in [0.15, 0.2) is 22.7 Å². The minimum atomic E-state index is -0.360. The molecule has 1 aliphatic rings. The number of morpholine rings is 1. The molecule has 0 saturated carbocycles. The van der Waals surface area contributed by atoms with E-state index in [1.54, 1.807) is 0 Å². The molecule has 1 saturated heterocycles. The van der Waals surface area contributed by atoms with Crippen LogP contribution in [-0.2, 0) is 4.74 Å². The van der Waals surface area contributed by atoms with Crippen molar-refractivity contribution in [2.24, 2.45) is 5.92 Å². The molecule has 134 valence electrons. The molecule has 4 nitrogen and oxygen atoms in total. The number of benzene rings is 1. The van der Waals surface area contributed by atoms with E-state index in [0.29, 0.717) is 28.5 Å². The summed E-state index contributed by atoms with van der Waals surface area (Å²) in [5, 5.41) is 3.03. The van der Waals surface area contributed by atoms with Crippen molar-refractivity contribution in [2.45, 2.75) is 32.7 Å². The van der Waals surface area contributed by atoms with E-state index in [-0.39, 0.29) is 11.7 Å². The van der Waals surface area contributed by atoms with Gasteiger partial charge in [-0.05, 0) is 40.0 Å². The maximum absolute atomic E-state index is 13.2. The minimum absolute atomic E-state index is 0.175. The van der Waals surface area contributed by atoms with Crippen LogP contribution >= 0.6 is 15.9 Å². The number of hydrogen-bond acceptors (Lipinski definition) is 3. The summed E-state index contributed by atoms with van der Waals surface area (Å²) in [6, 6.07) is 4.43. The molecule has 2 rings (SSSR count). The van der Waals surface area contributed by atoms with E-state index in [2.05, 4.69) is 40.0 Å². The summed E-state index contributed by atoms with van der Waals surface area (Å²) < 4.78 is 19.1. The van der Waals surface area contributed by atoms with Gasteiger partial charge in [0, 0.05) is 30.1 Å². The fraction of sp³-hybridized carbons (Fsp3) is 0.611. The first-order valence-corrected chi connectivity index (χ1v) is 9.41. The highest BCUT2D eigenvalue weighted by Crippen LogP contribution is 2.21. The van der Waals surface area contributed by atoms with E-state index >= 15 is 0 Å². The summed E-state index contributed by atoms with van der Waals surface area (Å²) in [4.78, 5) is 14.9. The van der Waals surface area contributed by atoms with Gasteiger partial charge in [0.2, 0.25) is 0 Å². The van der Waals surface area contributed by atoms with E-state index in [9.17, 15) is 9.18 Å². The Kier molecular flexibility index (Phi) is 7.65. The highest BCUT2D eigenvalue weighted by molar-refractivity contribution is 9.10. The van der Waals surface area contributed by atoms with E-state index in [4.69, 9.17) is 4.74 Å². The standard InChI is InChI=1S/C18H26BrFN2O2/c1-3-13(4-2)17(22-7-9-24-10-8-22)12-21-18(23)15-6-5-14(20)11-16(15)19/h5-6,11,13,17H,3-4,7-10,12H2,1-2H3,(H,21,23)/t17-/m1/s1. The number of carbonyl (C=O) groups is 1. The Bertz CT molecular complexity index is 546. The van der Waals surface area contributed by atoms with Crippen molar-refractivity contribution in [2.75, 3.05) is 32.8 Å². The summed E-state index contributed by atoms with van der Waals surface area (Å²) in [6.07, 6.45) is 2.16. The second-order valence-electron chi connectivity index (χ2n) is 6.13. The van der Waals surface area contributed by atoms with Gasteiger partial charge in [-0.1, -0.05) is 26.7 Å². The van der Waals surface area contributed by atoms with Crippen LogP contribution in [0.2, 0.25) is 0 Å². The normalized spacial score (nSPS) is 17.0. The van der Waals surface area contributed by atoms with Crippen molar-refractivity contribution >= 4 is 21.8 Å². The van der Waals surface area contributed by atoms with Crippen LogP contribution in [0.3, 0.4) is 0 Å². The van der Waals surface area contributed by atoms with Crippen molar-refractivity contribution in [3.05, 3.63) is 34.1 Å². The molecular weight excluding hydrogens is 375 g/mol. The summed E-state index contributed by atoms with van der Waals surface area (Å²) >= 11 is 3.26. The van der Waals surface area contributed by atoms with Crippen molar-refractivity contribution in [3.8, 4) is 0 Å². The van der Waals surface area contributed by atoms with Gasteiger partial charge in [-0.15, -0.1) is 0 Å². The number of ether oxygens (including phenoxy) is 1. The fourth-order valence-electron chi connectivity index (χ4n) is 3.30. The summed E-state index contributed by atoms with van der Waals surface area (Å²) in [7, 11) is 0. The molecule has 1 fully saturated rings. The molecule has 0 aromatic heterocycles. The molecule has 1 amide bonds. The van der Waals surface area contributed by atoms with Crippen LogP contribution in [0, 0.1) is 11.7 Å². The molecule has 0 aliphatic carbocycles. The molecule has 1 heterocycles. The van der Waals surface area contributed by atoms with Crippen LogP contribution in [0.5, 0.6) is 0 Å². The Hall–Kier alpha value is -0.980. The molecular formula is C18H26BrFN2O2. The lowest BCUT2D eigenvalue weighted by atomic mass is 9.92. The second-order valence-corrected chi connectivity index (χ2v) is 6.98. The van der Waals surface area contributed by atoms with E-state index in [1.807, 2.05) is 0 Å². The molecule has 0 unspecified atom stereocenters. The van der Waals surface area contributed by atoms with Gasteiger partial charge in [0.15, 0.2) is 0 Å². The van der Waals surface area contributed by atoms with Gasteiger partial charge in [-0.2, -0.15) is 0 Å². The maximum Gasteiger partial charge on any atom is 0.252 e. The van der Waals surface area contributed by atoms with Gasteiger partial charge in [0.25, 0.3) is 5.91 Å². The molecule has 1 aliphatic heterocycles. The summed E-state index contributed by atoms with van der Waals surface area (Å²) in [5.41, 5.74) is 0.460. The lowest BCUT2D eigenvalue weighted by Crippen LogP contribution is -2.52. The largest absolute Gasteiger partial charge is 0.379 e. The minimum Gasteiger partial charge on any atom is -0.379 e. The predicted octanol–water partition coefficient (Wildman–Crippen LogP) is 3.46. The average molecular weight is 401 g/mol. The van der Waals surface area contributed by atoms with Crippen molar-refractivity contribution in [1.82, 2.24) is 10.2 Å². The number of halogens is 2. The first kappa shape index (κ1) is 19.3. The maximum atomic E-state index is 13.2. The Morgan fingerprint density at radius 3 is 2.58 bits per heavy atom. The first-order chi connectivity index (χ1) is 11.6. The van der Waals surface area contributed by atoms with Crippen molar-refractivity contribution in [1.29, 1.82) is 0 Å². The number of hydrogen-bond donors (Lipinski definition) is 1. The lowest BCUT2D eigenvalue weighted by molar-refractivity contribution is 0.00191. The molecule has 1 N–H and O–H groups in total. The third kappa shape index (κ3) is 5.01. The van der Waals surface area contributed by atoms with Crippen LogP contribution < -0.4 is 5.32 Å². The van der Waals surface area contributed by atoms with E-state index in [1.165, 1.54) is 18.2 Å². The summed E-state index contributed by atoms with van der Waals surface area (Å²) in [5.74, 6) is -0.00667. The Labute approximate surface area is 151 Å². The fourth-order valence-corrected chi connectivity index (χ4v) is 3.83. The second kappa shape index (κ2) is 9.49. The summed E-state index contributed by atoms with van der Waals surface area (Å²) in [6.45, 7) is 8.27. The SMILES string of the molecule is CCC(CC)[C@@H](CNC(=O)c1ccc(F)cc1Br)N1CCOCC1. The first-order valence-electron chi connectivity index (χ1n) is 8.61. The number of nitrogens with zero attached hydrogens (tertiary/aromatic N) is 1. The zero-order valence-electron chi connectivity index (χ0n) is 14.4. The quantitative estimate of drug-likeness (QED) is 0.761. The highest BCUT2D eigenvalue weighted by atomic mass is 79.9. The third-order valence-corrected chi connectivity index (χ3v) is 5.41. The van der Waals surface area contributed by atoms with Gasteiger partial charge in [0.05, 0.1) is 18.8 Å². The van der Waals surface area contributed by atoms with Gasteiger partial charge < -0.3 is 10.1 Å². The third-order valence-electron chi connectivity index (χ3n) is 4.76. The molecule has 1 aromatic rings. The smallest absolute Gasteiger partial charge is 0.252 e. The average Bonchev–Trinajstić information content (AvgIpc) is 2.59. The lowest BCUT2D eigenvalue weighted by Gasteiger charge is -2.38. The molecule has 6 heteroatoms. The van der Waals surface area contributed by atoms with Gasteiger partial charge in [-0.25, -0.2) is 4.39 Å². The van der Waals surface area contributed by atoms with E-state index < -0.39 is 0 Å². The molecule has 1 aromatic carbocycles. The topological polar surface area (TPSA) is 41.6 Å². The monoisotopic (exact) mass is 400 g/mol. The van der Waals surface area contributed by atoms with Crippen LogP contribution in [0.25, 0.3) is 0 Å². The van der Waals surface area contributed by atoms with Gasteiger partial charge in [-0.3, -0.25) is 9.69 Å². The number of rotatable bonds is 7. The van der Waals surface area contributed by atoms with Crippen molar-refractivity contribution in [3.63, 3.8) is 0 Å². The Morgan fingerprint density at radius 1 is 1.33 bits per heavy atom. The predicted molar refractivity (Wildman–Crippen MR) is 96.7 cm³/mol. The molecule has 1 atom stereocenters.